The number of nitrogens with zero attached hydrogens (tertiary/aromatic N) is 2. The fourth-order valence-corrected chi connectivity index (χ4v) is 3.37. The van der Waals surface area contributed by atoms with Crippen molar-refractivity contribution in [3.05, 3.63) is 35.4 Å². The number of carbonyl (C=O) groups is 2. The van der Waals surface area contributed by atoms with Crippen LogP contribution in [-0.4, -0.2) is 47.0 Å². The second-order valence-corrected chi connectivity index (χ2v) is 6.38. The Morgan fingerprint density at radius 3 is 2.21 bits per heavy atom. The number of hydroxylamine groups is 2. The molecular formula is C19H22N2O3. The molecule has 2 atom stereocenters. The van der Waals surface area contributed by atoms with Crippen LogP contribution in [0, 0.1) is 11.8 Å². The Kier molecular flexibility index (Phi) is 4.98. The van der Waals surface area contributed by atoms with Crippen molar-refractivity contribution < 1.29 is 14.4 Å². The van der Waals surface area contributed by atoms with Crippen LogP contribution in [0.5, 0.6) is 0 Å². The minimum absolute atomic E-state index is 0.0298. The predicted octanol–water partition coefficient (Wildman–Crippen LogP) is 2.48. The Hall–Kier alpha value is -2.16. The molecule has 3 rings (SSSR count). The highest BCUT2D eigenvalue weighted by Crippen LogP contribution is 2.23. The van der Waals surface area contributed by atoms with Gasteiger partial charge in [0.25, 0.3) is 11.8 Å². The first kappa shape index (κ1) is 16.7. The van der Waals surface area contributed by atoms with Crippen molar-refractivity contribution >= 4 is 11.8 Å². The van der Waals surface area contributed by atoms with Gasteiger partial charge >= 0.3 is 0 Å². The summed E-state index contributed by atoms with van der Waals surface area (Å²) in [7, 11) is 0. The Morgan fingerprint density at radius 1 is 1.04 bits per heavy atom. The zero-order valence-electron chi connectivity index (χ0n) is 14.1. The second kappa shape index (κ2) is 7.16. The first-order valence-electron chi connectivity index (χ1n) is 8.41. The Labute approximate surface area is 142 Å². The number of fused-ring (bicyclic) bond motifs is 1. The van der Waals surface area contributed by atoms with Gasteiger partial charge in [0.15, 0.2) is 0 Å². The number of piperidine rings is 1. The number of imide groups is 1. The van der Waals surface area contributed by atoms with Gasteiger partial charge in [-0.2, -0.15) is 0 Å². The first-order chi connectivity index (χ1) is 11.6. The molecule has 1 saturated heterocycles. The van der Waals surface area contributed by atoms with Crippen molar-refractivity contribution in [1.29, 1.82) is 0 Å². The van der Waals surface area contributed by atoms with Gasteiger partial charge in [-0.3, -0.25) is 14.5 Å². The van der Waals surface area contributed by atoms with E-state index in [9.17, 15) is 9.59 Å². The van der Waals surface area contributed by atoms with Crippen LogP contribution in [0.1, 0.15) is 53.8 Å². The molecule has 0 unspecified atom stereocenters. The van der Waals surface area contributed by atoms with E-state index in [1.54, 1.807) is 24.3 Å². The number of hydrogen-bond acceptors (Lipinski definition) is 4. The molecule has 5 nitrogen and oxygen atoms in total. The molecule has 1 fully saturated rings. The van der Waals surface area contributed by atoms with Crippen LogP contribution in [0.4, 0.5) is 0 Å². The standard InChI is InChI=1S/C19H22N2O3/c1-14-8-7-9-15(2)20(14)12-5-6-13-24-21-18(22)16-10-3-4-11-17(16)19(21)23/h3-4,10-11,14-15H,7-9,12-13H2,1-2H3/t14-,15+. The Bertz CT molecular complexity index is 659. The van der Waals surface area contributed by atoms with Crippen LogP contribution in [0.2, 0.25) is 0 Å². The van der Waals surface area contributed by atoms with Crippen molar-refractivity contribution in [2.45, 2.75) is 45.2 Å². The summed E-state index contributed by atoms with van der Waals surface area (Å²) in [6, 6.07) is 7.80. The quantitative estimate of drug-likeness (QED) is 0.632. The molecule has 1 aromatic rings. The minimum Gasteiger partial charge on any atom is -0.287 e. The van der Waals surface area contributed by atoms with Gasteiger partial charge in [0.05, 0.1) is 17.7 Å². The fraction of sp³-hybridized carbons (Fsp3) is 0.474. The number of hydrogen-bond donors (Lipinski definition) is 0. The normalized spacial score (nSPS) is 23.8. The van der Waals surface area contributed by atoms with Gasteiger partial charge in [0.1, 0.15) is 6.61 Å². The molecule has 0 radical (unpaired) electrons. The van der Waals surface area contributed by atoms with Crippen LogP contribution in [0.25, 0.3) is 0 Å². The summed E-state index contributed by atoms with van der Waals surface area (Å²) in [5.74, 6) is 5.16. The summed E-state index contributed by atoms with van der Waals surface area (Å²) in [5, 5.41) is 0.811. The lowest BCUT2D eigenvalue weighted by molar-refractivity contribution is -0.0782. The van der Waals surface area contributed by atoms with E-state index in [-0.39, 0.29) is 6.61 Å². The van der Waals surface area contributed by atoms with Crippen LogP contribution in [-0.2, 0) is 4.84 Å². The van der Waals surface area contributed by atoms with Gasteiger partial charge in [0, 0.05) is 12.1 Å². The maximum absolute atomic E-state index is 12.1. The van der Waals surface area contributed by atoms with E-state index in [4.69, 9.17) is 4.84 Å². The Morgan fingerprint density at radius 2 is 1.62 bits per heavy atom. The summed E-state index contributed by atoms with van der Waals surface area (Å²) in [6.45, 7) is 5.18. The number of likely N-dealkylation sites (tertiary alicyclic amines) is 1. The number of benzene rings is 1. The average molecular weight is 326 g/mol. The average Bonchev–Trinajstić information content (AvgIpc) is 2.82. The third-order valence-corrected chi connectivity index (χ3v) is 4.79. The number of amides is 2. The van der Waals surface area contributed by atoms with Crippen molar-refractivity contribution in [2.75, 3.05) is 13.2 Å². The highest BCUT2D eigenvalue weighted by molar-refractivity contribution is 6.20. The predicted molar refractivity (Wildman–Crippen MR) is 90.2 cm³/mol. The topological polar surface area (TPSA) is 49.9 Å². The molecule has 2 heterocycles. The van der Waals surface area contributed by atoms with E-state index in [0.29, 0.717) is 29.8 Å². The largest absolute Gasteiger partial charge is 0.287 e. The third kappa shape index (κ3) is 3.21. The summed E-state index contributed by atoms with van der Waals surface area (Å²) in [4.78, 5) is 31.9. The minimum atomic E-state index is -0.421. The van der Waals surface area contributed by atoms with Gasteiger partial charge < -0.3 is 0 Å². The van der Waals surface area contributed by atoms with Crippen molar-refractivity contribution in [3.63, 3.8) is 0 Å². The van der Waals surface area contributed by atoms with Crippen molar-refractivity contribution in [1.82, 2.24) is 9.96 Å². The van der Waals surface area contributed by atoms with E-state index in [1.807, 2.05) is 0 Å². The van der Waals surface area contributed by atoms with Crippen molar-refractivity contribution in [3.8, 4) is 11.8 Å². The lowest BCUT2D eigenvalue weighted by Crippen LogP contribution is -2.43. The first-order valence-corrected chi connectivity index (χ1v) is 8.41. The highest BCUT2D eigenvalue weighted by atomic mass is 16.7. The van der Waals surface area contributed by atoms with Gasteiger partial charge in [0.2, 0.25) is 0 Å². The van der Waals surface area contributed by atoms with Crippen LogP contribution in [0.3, 0.4) is 0 Å². The summed E-state index contributed by atoms with van der Waals surface area (Å²) in [5.41, 5.74) is 0.762. The molecule has 5 heteroatoms. The Balaban J connectivity index is 1.53. The summed E-state index contributed by atoms with van der Waals surface area (Å²) < 4.78 is 0. The van der Waals surface area contributed by atoms with Crippen molar-refractivity contribution in [2.24, 2.45) is 0 Å². The van der Waals surface area contributed by atoms with E-state index in [1.165, 1.54) is 19.3 Å². The lowest BCUT2D eigenvalue weighted by atomic mass is 9.98. The van der Waals surface area contributed by atoms with E-state index < -0.39 is 11.8 Å². The maximum atomic E-state index is 12.1. The molecule has 24 heavy (non-hydrogen) atoms. The molecule has 2 aliphatic rings. The van der Waals surface area contributed by atoms with E-state index in [2.05, 4.69) is 30.6 Å². The van der Waals surface area contributed by atoms with Crippen LogP contribution < -0.4 is 0 Å². The molecule has 0 aliphatic carbocycles. The molecule has 0 spiro atoms. The SMILES string of the molecule is C[C@@H]1CCC[C@H](C)N1CC#CCON1C(=O)c2ccccc2C1=O. The molecular weight excluding hydrogens is 304 g/mol. The zero-order valence-corrected chi connectivity index (χ0v) is 14.1. The molecule has 0 aromatic heterocycles. The molecule has 0 bridgehead atoms. The summed E-state index contributed by atoms with van der Waals surface area (Å²) >= 11 is 0. The highest BCUT2D eigenvalue weighted by Gasteiger charge is 2.36. The van der Waals surface area contributed by atoms with E-state index in [0.717, 1.165) is 5.06 Å². The smallest absolute Gasteiger partial charge is 0.285 e. The molecule has 0 N–H and O–H groups in total. The number of rotatable bonds is 3. The molecule has 1 aromatic carbocycles. The molecule has 2 amide bonds. The third-order valence-electron chi connectivity index (χ3n) is 4.79. The van der Waals surface area contributed by atoms with Gasteiger partial charge in [-0.1, -0.05) is 30.4 Å². The van der Waals surface area contributed by atoms with Crippen LogP contribution >= 0.6 is 0 Å². The summed E-state index contributed by atoms with van der Waals surface area (Å²) in [6.07, 6.45) is 3.68. The van der Waals surface area contributed by atoms with Gasteiger partial charge in [-0.25, -0.2) is 4.84 Å². The lowest BCUT2D eigenvalue weighted by Gasteiger charge is -2.37. The zero-order chi connectivity index (χ0) is 17.1. The van der Waals surface area contributed by atoms with Gasteiger partial charge in [-0.15, -0.1) is 5.06 Å². The number of carbonyl (C=O) groups excluding carboxylic acids is 2. The molecule has 0 saturated carbocycles. The van der Waals surface area contributed by atoms with E-state index >= 15 is 0 Å². The second-order valence-electron chi connectivity index (χ2n) is 6.38. The van der Waals surface area contributed by atoms with Gasteiger partial charge in [-0.05, 0) is 38.8 Å². The molecule has 2 aliphatic heterocycles. The maximum Gasteiger partial charge on any atom is 0.285 e. The monoisotopic (exact) mass is 326 g/mol. The molecule has 126 valence electrons. The van der Waals surface area contributed by atoms with Crippen LogP contribution in [0.15, 0.2) is 24.3 Å². The fourth-order valence-electron chi connectivity index (χ4n) is 3.37.